The molecule has 0 unspecified atom stereocenters. The predicted octanol–water partition coefficient (Wildman–Crippen LogP) is 5.32. The molecule has 0 bridgehead atoms. The molecule has 0 radical (unpaired) electrons. The second-order valence-corrected chi connectivity index (χ2v) is 13.6. The maximum Gasteiger partial charge on any atom is 0.416 e. The van der Waals surface area contributed by atoms with E-state index >= 15 is 0 Å². The summed E-state index contributed by atoms with van der Waals surface area (Å²) >= 11 is 0. The van der Waals surface area contributed by atoms with Gasteiger partial charge in [0.2, 0.25) is 34.8 Å². The molecule has 3 aromatic rings. The highest BCUT2D eigenvalue weighted by atomic mass is 32.2. The third-order valence-electron chi connectivity index (χ3n) is 7.09. The van der Waals surface area contributed by atoms with Gasteiger partial charge in [0.1, 0.15) is 10.6 Å². The molecule has 2 aliphatic rings. The zero-order chi connectivity index (χ0) is 31.5. The minimum absolute atomic E-state index is 0.0471. The Morgan fingerprint density at radius 2 is 1.42 bits per heavy atom. The number of alkyl halides is 3. The van der Waals surface area contributed by atoms with Gasteiger partial charge in [-0.3, -0.25) is 0 Å². The van der Waals surface area contributed by atoms with Crippen molar-refractivity contribution in [2.75, 3.05) is 36.1 Å². The molecule has 0 aliphatic carbocycles. The summed E-state index contributed by atoms with van der Waals surface area (Å²) in [5, 5.41) is 0. The number of halogens is 8. The molecule has 43 heavy (non-hydrogen) atoms. The van der Waals surface area contributed by atoms with Crippen LogP contribution < -0.4 is 13.8 Å². The number of anilines is 1. The number of nitrogens with zero attached hydrogens (tertiary/aromatic N) is 1. The maximum absolute atomic E-state index is 14.1. The Morgan fingerprint density at radius 3 is 2.02 bits per heavy atom. The largest absolute Gasteiger partial charge is 0.493 e. The van der Waals surface area contributed by atoms with Gasteiger partial charge in [-0.1, -0.05) is 12.1 Å². The van der Waals surface area contributed by atoms with Gasteiger partial charge in [0.25, 0.3) is 0 Å². The summed E-state index contributed by atoms with van der Waals surface area (Å²) in [6.45, 7) is -0.160. The molecule has 2 heterocycles. The Bertz CT molecular complexity index is 1790. The molecule has 1 saturated heterocycles. The number of benzene rings is 3. The lowest BCUT2D eigenvalue weighted by molar-refractivity contribution is -0.137. The van der Waals surface area contributed by atoms with Crippen molar-refractivity contribution in [1.82, 2.24) is 0 Å². The highest BCUT2D eigenvalue weighted by Crippen LogP contribution is 2.45. The normalized spacial score (nSPS) is 18.6. The number of hydrogen-bond donors (Lipinski definition) is 0. The number of fused-ring (bicyclic) bond motifs is 1. The maximum atomic E-state index is 14.1. The number of sulfone groups is 1. The van der Waals surface area contributed by atoms with Crippen LogP contribution in [0.1, 0.15) is 29.0 Å². The van der Waals surface area contributed by atoms with Crippen LogP contribution >= 0.6 is 0 Å². The molecule has 1 atom stereocenters. The molecule has 17 heteroatoms. The van der Waals surface area contributed by atoms with Crippen LogP contribution in [0.4, 0.5) is 40.8 Å². The van der Waals surface area contributed by atoms with Crippen LogP contribution in [0.15, 0.2) is 41.3 Å². The van der Waals surface area contributed by atoms with Gasteiger partial charge in [0.05, 0.1) is 23.7 Å². The van der Waals surface area contributed by atoms with E-state index in [0.29, 0.717) is 11.1 Å². The smallest absolute Gasteiger partial charge is 0.416 e. The van der Waals surface area contributed by atoms with Crippen molar-refractivity contribution < 1.29 is 60.9 Å². The van der Waals surface area contributed by atoms with E-state index in [1.54, 1.807) is 0 Å². The Morgan fingerprint density at radius 1 is 0.837 bits per heavy atom. The van der Waals surface area contributed by atoms with Crippen molar-refractivity contribution in [3.63, 3.8) is 0 Å². The van der Waals surface area contributed by atoms with Crippen molar-refractivity contribution in [2.24, 2.45) is 0 Å². The molecule has 232 valence electrons. The lowest BCUT2D eigenvalue weighted by Gasteiger charge is -2.34. The summed E-state index contributed by atoms with van der Waals surface area (Å²) in [5.74, 6) is -15.7. The third-order valence-corrected chi connectivity index (χ3v) is 9.92. The highest BCUT2D eigenvalue weighted by Gasteiger charge is 2.36. The van der Waals surface area contributed by atoms with E-state index in [2.05, 4.69) is 4.18 Å². The molecule has 2 aliphatic heterocycles. The zero-order valence-electron chi connectivity index (χ0n) is 21.5. The Hall–Kier alpha value is -3.60. The van der Waals surface area contributed by atoms with E-state index in [1.165, 1.54) is 17.0 Å². The summed E-state index contributed by atoms with van der Waals surface area (Å²) < 4.78 is 169. The molecule has 0 saturated carbocycles. The SMILES string of the molecule is O=S1(=O)CCN(c2cc(C(F)(F)F)ccc2[C@@H]2CCOc3cc(S(=O)(=O)Oc4c(F)c(F)c(F)c(F)c4F)ccc32)CC1. The highest BCUT2D eigenvalue weighted by molar-refractivity contribution is 7.91. The quantitative estimate of drug-likeness (QED) is 0.159. The first-order valence-corrected chi connectivity index (χ1v) is 15.6. The Balaban J connectivity index is 1.53. The lowest BCUT2D eigenvalue weighted by Crippen LogP contribution is -2.41. The monoisotopic (exact) mass is 657 g/mol. The van der Waals surface area contributed by atoms with Gasteiger partial charge in [-0.15, -0.1) is 0 Å². The molecule has 0 N–H and O–H groups in total. The predicted molar refractivity (Wildman–Crippen MR) is 135 cm³/mol. The van der Waals surface area contributed by atoms with E-state index < -0.39 is 77.3 Å². The number of rotatable bonds is 5. The number of hydrogen-bond acceptors (Lipinski definition) is 7. The van der Waals surface area contributed by atoms with E-state index in [9.17, 15) is 52.0 Å². The average Bonchev–Trinajstić information content (AvgIpc) is 2.96. The van der Waals surface area contributed by atoms with E-state index in [1.807, 2.05) is 0 Å². The second kappa shape index (κ2) is 10.8. The van der Waals surface area contributed by atoms with Crippen LogP contribution in [0, 0.1) is 29.1 Å². The molecule has 0 spiro atoms. The van der Waals surface area contributed by atoms with Gasteiger partial charge >= 0.3 is 16.3 Å². The summed E-state index contributed by atoms with van der Waals surface area (Å²) in [4.78, 5) is 0.752. The summed E-state index contributed by atoms with van der Waals surface area (Å²) in [6, 6.07) is 6.05. The Labute approximate surface area is 239 Å². The average molecular weight is 658 g/mol. The fraction of sp³-hybridized carbons (Fsp3) is 0.308. The summed E-state index contributed by atoms with van der Waals surface area (Å²) in [5.41, 5.74) is -0.134. The topological polar surface area (TPSA) is 90.0 Å². The molecule has 1 fully saturated rings. The van der Waals surface area contributed by atoms with Gasteiger partial charge in [0.15, 0.2) is 9.84 Å². The van der Waals surface area contributed by atoms with Gasteiger partial charge in [-0.25, -0.2) is 21.6 Å². The van der Waals surface area contributed by atoms with Crippen LogP contribution in [-0.2, 0) is 26.1 Å². The van der Waals surface area contributed by atoms with Gasteiger partial charge in [-0.2, -0.15) is 30.4 Å². The Kier molecular flexibility index (Phi) is 7.77. The minimum Gasteiger partial charge on any atom is -0.493 e. The fourth-order valence-electron chi connectivity index (χ4n) is 4.91. The van der Waals surface area contributed by atoms with E-state index in [-0.39, 0.29) is 49.1 Å². The zero-order valence-corrected chi connectivity index (χ0v) is 23.2. The molecule has 7 nitrogen and oxygen atoms in total. The van der Waals surface area contributed by atoms with Crippen molar-refractivity contribution in [2.45, 2.75) is 23.4 Å². The van der Waals surface area contributed by atoms with Crippen molar-refractivity contribution in [1.29, 1.82) is 0 Å². The second-order valence-electron chi connectivity index (χ2n) is 9.74. The van der Waals surface area contributed by atoms with Crippen LogP contribution in [0.25, 0.3) is 0 Å². The van der Waals surface area contributed by atoms with E-state index in [0.717, 1.165) is 24.3 Å². The molecule has 5 rings (SSSR count). The first-order valence-electron chi connectivity index (χ1n) is 12.4. The van der Waals surface area contributed by atoms with E-state index in [4.69, 9.17) is 4.74 Å². The minimum atomic E-state index is -5.18. The molecule has 0 amide bonds. The van der Waals surface area contributed by atoms with Gasteiger partial charge in [-0.05, 0) is 30.2 Å². The molecule has 3 aromatic carbocycles. The summed E-state index contributed by atoms with van der Waals surface area (Å²) in [7, 11) is -8.55. The van der Waals surface area contributed by atoms with Crippen molar-refractivity contribution in [3.05, 3.63) is 82.2 Å². The van der Waals surface area contributed by atoms with Crippen LogP contribution in [0.5, 0.6) is 11.5 Å². The first-order chi connectivity index (χ1) is 20.0. The standard InChI is InChI=1S/C26H19F8NO6S2/c27-20-21(28)23(30)25(24(31)22(20)29)41-43(38,39)14-2-4-17-15(5-8-40-19(17)12-14)16-3-1-13(26(32,33)34)11-18(16)35-6-9-42(36,37)10-7-35/h1-4,11-12,15H,5-10H2/t15-/m0/s1. The van der Waals surface area contributed by atoms with Crippen molar-refractivity contribution >= 4 is 25.6 Å². The summed E-state index contributed by atoms with van der Waals surface area (Å²) in [6.07, 6.45) is -4.47. The first kappa shape index (κ1) is 30.8. The van der Waals surface area contributed by atoms with Crippen LogP contribution in [0.2, 0.25) is 0 Å². The fourth-order valence-corrected chi connectivity index (χ4v) is 7.06. The molecular formula is C26H19F8NO6S2. The van der Waals surface area contributed by atoms with Gasteiger partial charge < -0.3 is 13.8 Å². The molecular weight excluding hydrogens is 638 g/mol. The third kappa shape index (κ3) is 5.83. The molecule has 0 aromatic heterocycles. The van der Waals surface area contributed by atoms with Gasteiger partial charge in [0, 0.05) is 36.3 Å². The lowest BCUT2D eigenvalue weighted by atomic mass is 9.85. The number of ether oxygens (including phenoxy) is 1. The van der Waals surface area contributed by atoms with Crippen molar-refractivity contribution in [3.8, 4) is 11.5 Å². The van der Waals surface area contributed by atoms with Crippen LogP contribution in [-0.4, -0.2) is 48.0 Å². The van der Waals surface area contributed by atoms with Crippen LogP contribution in [0.3, 0.4) is 0 Å².